The molecule has 2 N–H and O–H groups in total. The van der Waals surface area contributed by atoms with Crippen molar-refractivity contribution in [2.24, 2.45) is 0 Å². The fourth-order valence-corrected chi connectivity index (χ4v) is 2.98. The Balaban J connectivity index is 1.47. The van der Waals surface area contributed by atoms with Crippen LogP contribution < -0.4 is 10.6 Å². The van der Waals surface area contributed by atoms with Crippen molar-refractivity contribution < 1.29 is 19.1 Å². The van der Waals surface area contributed by atoms with Gasteiger partial charge in [-0.1, -0.05) is 60.7 Å². The van der Waals surface area contributed by atoms with E-state index in [1.165, 1.54) is 5.56 Å². The fraction of sp³-hybridized carbons (Fsp3) is 0.160. The zero-order chi connectivity index (χ0) is 21.9. The summed E-state index contributed by atoms with van der Waals surface area (Å²) in [7, 11) is 0. The third-order valence-electron chi connectivity index (χ3n) is 4.57. The van der Waals surface area contributed by atoms with Crippen LogP contribution >= 0.6 is 0 Å². The molecule has 0 spiro atoms. The summed E-state index contributed by atoms with van der Waals surface area (Å²) < 4.78 is 5.13. The molecule has 0 unspecified atom stereocenters. The van der Waals surface area contributed by atoms with Gasteiger partial charge < -0.3 is 15.4 Å². The predicted octanol–water partition coefficient (Wildman–Crippen LogP) is 3.84. The van der Waals surface area contributed by atoms with Gasteiger partial charge in [0.05, 0.1) is 11.3 Å². The molecule has 0 atom stereocenters. The van der Waals surface area contributed by atoms with Crippen molar-refractivity contribution in [1.29, 1.82) is 0 Å². The molecule has 0 aliphatic rings. The average Bonchev–Trinajstić information content (AvgIpc) is 2.82. The van der Waals surface area contributed by atoms with E-state index >= 15 is 0 Å². The van der Waals surface area contributed by atoms with E-state index in [0.717, 1.165) is 12.8 Å². The molecule has 158 valence electrons. The summed E-state index contributed by atoms with van der Waals surface area (Å²) in [4.78, 5) is 36.8. The number of hydrogen-bond acceptors (Lipinski definition) is 4. The number of benzene rings is 3. The molecular formula is C25H24N2O4. The smallest absolute Gasteiger partial charge is 0.340 e. The fourth-order valence-electron chi connectivity index (χ4n) is 2.98. The molecule has 6 nitrogen and oxygen atoms in total. The van der Waals surface area contributed by atoms with Crippen molar-refractivity contribution in [3.8, 4) is 0 Å². The number of nitrogens with one attached hydrogen (secondary N) is 2. The minimum atomic E-state index is -0.677. The lowest BCUT2D eigenvalue weighted by Crippen LogP contribution is -2.30. The number of ether oxygens (including phenoxy) is 1. The standard InChI is InChI=1S/C25H24N2O4/c28-23(26-17-9-12-19-10-3-1-4-11-19)18-31-25(30)21-15-7-8-16-22(21)27-24(29)20-13-5-2-6-14-20/h1-8,10-11,13-16H,9,12,17-18H2,(H,26,28)(H,27,29). The van der Waals surface area contributed by atoms with Crippen molar-refractivity contribution in [2.45, 2.75) is 12.8 Å². The van der Waals surface area contributed by atoms with E-state index in [1.54, 1.807) is 48.5 Å². The minimum absolute atomic E-state index is 0.184. The van der Waals surface area contributed by atoms with Crippen LogP contribution in [0.5, 0.6) is 0 Å². The molecular weight excluding hydrogens is 392 g/mol. The number of esters is 1. The monoisotopic (exact) mass is 416 g/mol. The van der Waals surface area contributed by atoms with Crippen molar-refractivity contribution in [1.82, 2.24) is 5.32 Å². The van der Waals surface area contributed by atoms with Crippen LogP contribution in [0.25, 0.3) is 0 Å². The van der Waals surface area contributed by atoms with E-state index in [2.05, 4.69) is 10.6 Å². The molecule has 0 aromatic heterocycles. The van der Waals surface area contributed by atoms with Crippen molar-refractivity contribution in [3.63, 3.8) is 0 Å². The second kappa shape index (κ2) is 11.3. The van der Waals surface area contributed by atoms with Gasteiger partial charge in [-0.3, -0.25) is 9.59 Å². The topological polar surface area (TPSA) is 84.5 Å². The van der Waals surface area contributed by atoms with Crippen LogP contribution in [-0.2, 0) is 16.0 Å². The molecule has 0 saturated heterocycles. The maximum atomic E-state index is 12.4. The Hall–Kier alpha value is -3.93. The van der Waals surface area contributed by atoms with Crippen LogP contribution in [0, 0.1) is 0 Å². The Bertz CT molecular complexity index is 1020. The quantitative estimate of drug-likeness (QED) is 0.410. The maximum Gasteiger partial charge on any atom is 0.340 e. The van der Waals surface area contributed by atoms with Gasteiger partial charge in [0, 0.05) is 12.1 Å². The van der Waals surface area contributed by atoms with Gasteiger partial charge in [0.2, 0.25) is 0 Å². The molecule has 31 heavy (non-hydrogen) atoms. The number of aryl methyl sites for hydroxylation is 1. The molecule has 0 radical (unpaired) electrons. The van der Waals surface area contributed by atoms with Gasteiger partial charge in [-0.2, -0.15) is 0 Å². The second-order valence-corrected chi connectivity index (χ2v) is 6.88. The number of rotatable bonds is 9. The Kier molecular flexibility index (Phi) is 7.94. The second-order valence-electron chi connectivity index (χ2n) is 6.88. The molecule has 3 aromatic rings. The number of para-hydroxylation sites is 1. The summed E-state index contributed by atoms with van der Waals surface area (Å²) in [6, 6.07) is 25.2. The van der Waals surface area contributed by atoms with Crippen LogP contribution in [0.4, 0.5) is 5.69 Å². The van der Waals surface area contributed by atoms with Crippen LogP contribution in [-0.4, -0.2) is 30.9 Å². The summed E-state index contributed by atoms with van der Waals surface area (Å²) in [5.74, 6) is -1.38. The number of amides is 2. The molecule has 0 saturated carbocycles. The average molecular weight is 416 g/mol. The first kappa shape index (κ1) is 21.8. The summed E-state index contributed by atoms with van der Waals surface area (Å²) in [6.07, 6.45) is 1.65. The third kappa shape index (κ3) is 6.82. The Morgan fingerprint density at radius 3 is 2.16 bits per heavy atom. The van der Waals surface area contributed by atoms with Gasteiger partial charge in [-0.25, -0.2) is 4.79 Å². The molecule has 3 rings (SSSR count). The highest BCUT2D eigenvalue weighted by atomic mass is 16.5. The minimum Gasteiger partial charge on any atom is -0.452 e. The lowest BCUT2D eigenvalue weighted by Gasteiger charge is -2.11. The van der Waals surface area contributed by atoms with Gasteiger partial charge in [0.15, 0.2) is 6.61 Å². The number of carbonyl (C=O) groups is 3. The molecule has 0 heterocycles. The summed E-state index contributed by atoms with van der Waals surface area (Å²) in [6.45, 7) is 0.111. The van der Waals surface area contributed by atoms with Crippen LogP contribution in [0.1, 0.15) is 32.7 Å². The summed E-state index contributed by atoms with van der Waals surface area (Å²) in [5.41, 5.74) is 2.19. The SMILES string of the molecule is O=C(COC(=O)c1ccccc1NC(=O)c1ccccc1)NCCCc1ccccc1. The molecule has 3 aromatic carbocycles. The van der Waals surface area contributed by atoms with E-state index < -0.39 is 5.97 Å². The van der Waals surface area contributed by atoms with Crippen molar-refractivity contribution in [3.05, 3.63) is 102 Å². The molecule has 0 aliphatic heterocycles. The first-order chi connectivity index (χ1) is 15.1. The summed E-state index contributed by atoms with van der Waals surface area (Å²) >= 11 is 0. The highest BCUT2D eigenvalue weighted by molar-refractivity contribution is 6.08. The maximum absolute atomic E-state index is 12.4. The first-order valence-electron chi connectivity index (χ1n) is 10.1. The molecule has 0 bridgehead atoms. The van der Waals surface area contributed by atoms with Crippen LogP contribution in [0.2, 0.25) is 0 Å². The van der Waals surface area contributed by atoms with Gasteiger partial charge in [-0.05, 0) is 42.7 Å². The van der Waals surface area contributed by atoms with Crippen LogP contribution in [0.3, 0.4) is 0 Å². The largest absolute Gasteiger partial charge is 0.452 e. The van der Waals surface area contributed by atoms with E-state index in [4.69, 9.17) is 4.74 Å². The summed E-state index contributed by atoms with van der Waals surface area (Å²) in [5, 5.41) is 5.45. The number of carbonyl (C=O) groups excluding carboxylic acids is 3. The van der Waals surface area contributed by atoms with E-state index in [0.29, 0.717) is 17.8 Å². The van der Waals surface area contributed by atoms with E-state index in [1.807, 2.05) is 36.4 Å². The highest BCUT2D eigenvalue weighted by Crippen LogP contribution is 2.17. The molecule has 0 fully saturated rings. The Labute approximate surface area is 181 Å². The molecule has 0 aliphatic carbocycles. The van der Waals surface area contributed by atoms with E-state index in [9.17, 15) is 14.4 Å². The normalized spacial score (nSPS) is 10.2. The lowest BCUT2D eigenvalue weighted by atomic mass is 10.1. The highest BCUT2D eigenvalue weighted by Gasteiger charge is 2.16. The number of anilines is 1. The van der Waals surface area contributed by atoms with Gasteiger partial charge >= 0.3 is 5.97 Å². The predicted molar refractivity (Wildman–Crippen MR) is 119 cm³/mol. The zero-order valence-electron chi connectivity index (χ0n) is 17.0. The third-order valence-corrected chi connectivity index (χ3v) is 4.57. The van der Waals surface area contributed by atoms with Gasteiger partial charge in [0.25, 0.3) is 11.8 Å². The van der Waals surface area contributed by atoms with Gasteiger partial charge in [0.1, 0.15) is 0 Å². The number of hydrogen-bond donors (Lipinski definition) is 2. The van der Waals surface area contributed by atoms with Gasteiger partial charge in [-0.15, -0.1) is 0 Å². The lowest BCUT2D eigenvalue weighted by molar-refractivity contribution is -0.124. The molecule has 6 heteroatoms. The Morgan fingerprint density at radius 1 is 0.774 bits per heavy atom. The van der Waals surface area contributed by atoms with Crippen LogP contribution in [0.15, 0.2) is 84.9 Å². The zero-order valence-corrected chi connectivity index (χ0v) is 17.0. The van der Waals surface area contributed by atoms with Crippen molar-refractivity contribution in [2.75, 3.05) is 18.5 Å². The van der Waals surface area contributed by atoms with E-state index in [-0.39, 0.29) is 24.0 Å². The van der Waals surface area contributed by atoms with Crippen molar-refractivity contribution >= 4 is 23.5 Å². The molecule has 2 amide bonds. The first-order valence-corrected chi connectivity index (χ1v) is 10.1. The Morgan fingerprint density at radius 2 is 1.42 bits per heavy atom.